The Balaban J connectivity index is 1.53. The molecule has 0 radical (unpaired) electrons. The van der Waals surface area contributed by atoms with Crippen LogP contribution in [0.1, 0.15) is 31.2 Å². The van der Waals surface area contributed by atoms with Gasteiger partial charge in [-0.05, 0) is 43.9 Å². The molecule has 3 aliphatic rings. The Morgan fingerprint density at radius 1 is 1.03 bits per heavy atom. The van der Waals surface area contributed by atoms with E-state index in [0.717, 1.165) is 56.6 Å². The molecular weight excluding hydrogens is 420 g/mol. The molecule has 180 valence electrons. The summed E-state index contributed by atoms with van der Waals surface area (Å²) in [6, 6.07) is 6.04. The van der Waals surface area contributed by atoms with Crippen molar-refractivity contribution in [2.45, 2.75) is 31.7 Å². The number of rotatable bonds is 9. The number of hydrogen-bond donors (Lipinski definition) is 1. The van der Waals surface area contributed by atoms with Crippen molar-refractivity contribution in [2.24, 2.45) is 22.7 Å². The number of amides is 1. The standard InChI is InChI=1S/C25H36N4O4/c1-31-22-8-7-18(17-23(22)32-2)24-20-5-3-4-6-21(20)25(30)29(27-24)19-9-12-28(13-10-19)14-16-33-15-11-26/h3-4,7-8,17,19-21H,5-6,9-16,26H2,1-2H3. The number of methoxy groups -OCH3 is 2. The highest BCUT2D eigenvalue weighted by Gasteiger charge is 2.42. The van der Waals surface area contributed by atoms with Crippen molar-refractivity contribution in [2.75, 3.05) is 53.6 Å². The monoisotopic (exact) mass is 456 g/mol. The molecule has 1 aliphatic carbocycles. The largest absolute Gasteiger partial charge is 0.493 e. The zero-order valence-corrected chi connectivity index (χ0v) is 19.7. The van der Waals surface area contributed by atoms with E-state index in [2.05, 4.69) is 17.1 Å². The molecule has 1 aromatic carbocycles. The molecule has 8 nitrogen and oxygen atoms in total. The molecule has 0 saturated carbocycles. The highest BCUT2D eigenvalue weighted by molar-refractivity contribution is 6.07. The Labute approximate surface area is 196 Å². The lowest BCUT2D eigenvalue weighted by Crippen LogP contribution is -2.52. The van der Waals surface area contributed by atoms with Crippen LogP contribution in [0.2, 0.25) is 0 Å². The second-order valence-electron chi connectivity index (χ2n) is 8.87. The minimum absolute atomic E-state index is 0.0571. The van der Waals surface area contributed by atoms with Crippen LogP contribution in [-0.4, -0.2) is 81.2 Å². The Morgan fingerprint density at radius 3 is 2.45 bits per heavy atom. The van der Waals surface area contributed by atoms with Crippen molar-refractivity contribution < 1.29 is 19.0 Å². The van der Waals surface area contributed by atoms with Gasteiger partial charge in [0, 0.05) is 37.7 Å². The second kappa shape index (κ2) is 11.1. The van der Waals surface area contributed by atoms with Gasteiger partial charge in [-0.3, -0.25) is 4.79 Å². The van der Waals surface area contributed by atoms with Crippen LogP contribution in [0.25, 0.3) is 0 Å². The van der Waals surface area contributed by atoms with Gasteiger partial charge in [-0.2, -0.15) is 5.10 Å². The molecule has 0 spiro atoms. The first kappa shape index (κ1) is 23.7. The van der Waals surface area contributed by atoms with E-state index < -0.39 is 0 Å². The average Bonchev–Trinajstić information content (AvgIpc) is 2.87. The van der Waals surface area contributed by atoms with Crippen molar-refractivity contribution in [3.05, 3.63) is 35.9 Å². The third-order valence-electron chi connectivity index (χ3n) is 6.94. The number of hydrazone groups is 1. The molecule has 2 heterocycles. The summed E-state index contributed by atoms with van der Waals surface area (Å²) in [7, 11) is 3.27. The van der Waals surface area contributed by atoms with E-state index in [1.165, 1.54) is 0 Å². The molecule has 0 bridgehead atoms. The predicted octanol–water partition coefficient (Wildman–Crippen LogP) is 2.27. The summed E-state index contributed by atoms with van der Waals surface area (Å²) in [5, 5.41) is 6.80. The van der Waals surface area contributed by atoms with Crippen molar-refractivity contribution in [3.63, 3.8) is 0 Å². The molecule has 1 saturated heterocycles. The lowest BCUT2D eigenvalue weighted by Gasteiger charge is -2.42. The molecule has 1 amide bonds. The van der Waals surface area contributed by atoms with E-state index in [0.29, 0.717) is 31.3 Å². The molecule has 4 rings (SSSR count). The van der Waals surface area contributed by atoms with Gasteiger partial charge in [0.25, 0.3) is 0 Å². The number of nitrogens with zero attached hydrogens (tertiary/aromatic N) is 3. The number of carbonyl (C=O) groups is 1. The lowest BCUT2D eigenvalue weighted by atomic mass is 9.76. The van der Waals surface area contributed by atoms with E-state index in [-0.39, 0.29) is 23.8 Å². The van der Waals surface area contributed by atoms with Crippen LogP contribution in [0, 0.1) is 11.8 Å². The SMILES string of the molecule is COc1ccc(C2=NN(C3CCN(CCOCCN)CC3)C(=O)C3CC=CCC23)cc1OC. The van der Waals surface area contributed by atoms with Gasteiger partial charge in [-0.15, -0.1) is 0 Å². The summed E-state index contributed by atoms with van der Waals surface area (Å²) in [4.78, 5) is 15.9. The Bertz CT molecular complexity index is 879. The number of benzene rings is 1. The number of fused-ring (bicyclic) bond motifs is 1. The quantitative estimate of drug-likeness (QED) is 0.453. The number of carbonyl (C=O) groups excluding carboxylic acids is 1. The Morgan fingerprint density at radius 2 is 1.76 bits per heavy atom. The van der Waals surface area contributed by atoms with Gasteiger partial charge in [0.15, 0.2) is 11.5 Å². The maximum absolute atomic E-state index is 13.5. The van der Waals surface area contributed by atoms with Gasteiger partial charge >= 0.3 is 0 Å². The number of piperidine rings is 1. The molecule has 2 atom stereocenters. The van der Waals surface area contributed by atoms with Crippen molar-refractivity contribution in [3.8, 4) is 11.5 Å². The molecule has 0 aromatic heterocycles. The zero-order chi connectivity index (χ0) is 23.2. The fraction of sp³-hybridized carbons (Fsp3) is 0.600. The van der Waals surface area contributed by atoms with Gasteiger partial charge in [-0.1, -0.05) is 12.2 Å². The van der Waals surface area contributed by atoms with Gasteiger partial charge in [0.1, 0.15) is 0 Å². The van der Waals surface area contributed by atoms with Crippen molar-refractivity contribution in [1.82, 2.24) is 9.91 Å². The lowest BCUT2D eigenvalue weighted by molar-refractivity contribution is -0.141. The van der Waals surface area contributed by atoms with Crippen LogP contribution >= 0.6 is 0 Å². The Hall–Kier alpha value is -2.42. The summed E-state index contributed by atoms with van der Waals surface area (Å²) in [6.45, 7) is 4.63. The maximum atomic E-state index is 13.5. The van der Waals surface area contributed by atoms with Gasteiger partial charge < -0.3 is 24.8 Å². The minimum atomic E-state index is -0.0571. The zero-order valence-electron chi connectivity index (χ0n) is 19.7. The number of hydrogen-bond acceptors (Lipinski definition) is 7. The second-order valence-corrected chi connectivity index (χ2v) is 8.87. The van der Waals surface area contributed by atoms with Crippen LogP contribution in [0.15, 0.2) is 35.5 Å². The summed E-state index contributed by atoms with van der Waals surface area (Å²) < 4.78 is 16.5. The molecule has 2 unspecified atom stereocenters. The number of nitrogens with two attached hydrogens (primary N) is 1. The minimum Gasteiger partial charge on any atom is -0.493 e. The van der Waals surface area contributed by atoms with E-state index in [9.17, 15) is 4.79 Å². The topological polar surface area (TPSA) is 89.6 Å². The van der Waals surface area contributed by atoms with E-state index in [4.69, 9.17) is 25.0 Å². The average molecular weight is 457 g/mol. The fourth-order valence-corrected chi connectivity index (χ4v) is 5.09. The first-order chi connectivity index (χ1) is 16.2. The van der Waals surface area contributed by atoms with E-state index in [1.54, 1.807) is 19.2 Å². The summed E-state index contributed by atoms with van der Waals surface area (Å²) in [5.41, 5.74) is 7.45. The summed E-state index contributed by atoms with van der Waals surface area (Å²) in [6.07, 6.45) is 7.74. The molecule has 2 aliphatic heterocycles. The van der Waals surface area contributed by atoms with Crippen LogP contribution in [0.5, 0.6) is 11.5 Å². The van der Waals surface area contributed by atoms with E-state index in [1.807, 2.05) is 18.2 Å². The first-order valence-corrected chi connectivity index (χ1v) is 12.0. The van der Waals surface area contributed by atoms with Crippen LogP contribution in [0.4, 0.5) is 0 Å². The Kier molecular flexibility index (Phi) is 8.01. The van der Waals surface area contributed by atoms with E-state index >= 15 is 0 Å². The predicted molar refractivity (Wildman–Crippen MR) is 128 cm³/mol. The number of likely N-dealkylation sites (tertiary alicyclic amines) is 1. The number of allylic oxidation sites excluding steroid dienone is 2. The third kappa shape index (κ3) is 5.23. The van der Waals surface area contributed by atoms with Crippen LogP contribution in [0.3, 0.4) is 0 Å². The first-order valence-electron chi connectivity index (χ1n) is 12.0. The highest BCUT2D eigenvalue weighted by Crippen LogP contribution is 2.38. The smallest absolute Gasteiger partial charge is 0.247 e. The summed E-state index contributed by atoms with van der Waals surface area (Å²) >= 11 is 0. The van der Waals surface area contributed by atoms with Gasteiger partial charge in [-0.25, -0.2) is 5.01 Å². The van der Waals surface area contributed by atoms with Crippen molar-refractivity contribution >= 4 is 11.6 Å². The molecular formula is C25H36N4O4. The molecule has 8 heteroatoms. The summed E-state index contributed by atoms with van der Waals surface area (Å²) in [5.74, 6) is 1.57. The molecule has 1 aromatic rings. The van der Waals surface area contributed by atoms with Crippen molar-refractivity contribution in [1.29, 1.82) is 0 Å². The molecule has 2 N–H and O–H groups in total. The number of ether oxygens (including phenoxy) is 3. The highest BCUT2D eigenvalue weighted by atomic mass is 16.5. The van der Waals surface area contributed by atoms with Crippen LogP contribution < -0.4 is 15.2 Å². The van der Waals surface area contributed by atoms with Crippen LogP contribution in [-0.2, 0) is 9.53 Å². The molecule has 33 heavy (non-hydrogen) atoms. The fourth-order valence-electron chi connectivity index (χ4n) is 5.09. The maximum Gasteiger partial charge on any atom is 0.247 e. The van der Waals surface area contributed by atoms with Gasteiger partial charge in [0.2, 0.25) is 5.91 Å². The third-order valence-corrected chi connectivity index (χ3v) is 6.94. The van der Waals surface area contributed by atoms with Gasteiger partial charge in [0.05, 0.1) is 45.1 Å². The molecule has 1 fully saturated rings. The normalized spacial score (nSPS) is 23.9.